The van der Waals surface area contributed by atoms with Crippen LogP contribution in [-0.4, -0.2) is 45.7 Å². The topological polar surface area (TPSA) is 108 Å². The Hall–Kier alpha value is -2.39. The van der Waals surface area contributed by atoms with Crippen molar-refractivity contribution in [2.24, 2.45) is 11.1 Å². The number of rotatable bonds is 5. The van der Waals surface area contributed by atoms with E-state index >= 15 is 0 Å². The molecule has 0 bridgehead atoms. The number of aromatic nitrogens is 2. The lowest BCUT2D eigenvalue weighted by Crippen LogP contribution is -2.46. The molecule has 1 aromatic heterocycles. The molecule has 0 spiro atoms. The molecule has 0 amide bonds. The van der Waals surface area contributed by atoms with E-state index in [9.17, 15) is 8.42 Å². The average molecular weight is 350 g/mol. The highest BCUT2D eigenvalue weighted by Crippen LogP contribution is 2.36. The van der Waals surface area contributed by atoms with E-state index in [1.54, 1.807) is 26.4 Å². The number of methoxy groups -OCH3 is 2. The van der Waals surface area contributed by atoms with Crippen LogP contribution in [0.5, 0.6) is 11.5 Å². The summed E-state index contributed by atoms with van der Waals surface area (Å²) in [5, 5.41) is 6.86. The highest BCUT2D eigenvalue weighted by Gasteiger charge is 2.28. The largest absolute Gasteiger partial charge is 0.493 e. The maximum Gasteiger partial charge on any atom is 0.230 e. The van der Waals surface area contributed by atoms with Crippen molar-refractivity contribution in [1.82, 2.24) is 9.97 Å². The van der Waals surface area contributed by atoms with Gasteiger partial charge in [0, 0.05) is 35.9 Å². The lowest BCUT2D eigenvalue weighted by molar-refractivity contribution is 0.355. The Morgan fingerprint density at radius 3 is 2.50 bits per heavy atom. The van der Waals surface area contributed by atoms with Gasteiger partial charge < -0.3 is 14.4 Å². The molecule has 1 saturated heterocycles. The second-order valence-corrected chi connectivity index (χ2v) is 6.95. The molecule has 0 atom stereocenters. The summed E-state index contributed by atoms with van der Waals surface area (Å²) in [6.07, 6.45) is 3.11. The first kappa shape index (κ1) is 16.5. The summed E-state index contributed by atoms with van der Waals surface area (Å²) in [6, 6.07) is 3.65. The van der Waals surface area contributed by atoms with Gasteiger partial charge in [-0.15, -0.1) is 0 Å². The lowest BCUT2D eigenvalue weighted by Gasteiger charge is -2.39. The molecule has 2 heterocycles. The molecule has 0 saturated carbocycles. The zero-order valence-corrected chi connectivity index (χ0v) is 14.2. The van der Waals surface area contributed by atoms with Gasteiger partial charge in [0.15, 0.2) is 11.5 Å². The molecular formula is C15H18N4O4S. The highest BCUT2D eigenvalue weighted by atomic mass is 32.2. The Morgan fingerprint density at radius 2 is 1.88 bits per heavy atom. The third-order valence-corrected chi connectivity index (χ3v) is 4.41. The highest BCUT2D eigenvalue weighted by molar-refractivity contribution is 7.92. The Kier molecular flexibility index (Phi) is 4.29. The predicted octanol–water partition coefficient (Wildman–Crippen LogP) is 0.885. The molecule has 24 heavy (non-hydrogen) atoms. The van der Waals surface area contributed by atoms with Crippen LogP contribution >= 0.6 is 0 Å². The third kappa shape index (κ3) is 3.26. The summed E-state index contributed by atoms with van der Waals surface area (Å²) in [7, 11) is -0.437. The maximum absolute atomic E-state index is 11.0. The average Bonchev–Trinajstić information content (AvgIpc) is 2.51. The number of benzene rings is 1. The molecule has 1 aliphatic rings. The monoisotopic (exact) mass is 350 g/mol. The van der Waals surface area contributed by atoms with E-state index in [-0.39, 0.29) is 5.92 Å². The number of hydrogen-bond donors (Lipinski definition) is 1. The Morgan fingerprint density at radius 1 is 1.21 bits per heavy atom. The van der Waals surface area contributed by atoms with E-state index in [4.69, 9.17) is 14.6 Å². The molecule has 1 fully saturated rings. The molecule has 0 aliphatic carbocycles. The summed E-state index contributed by atoms with van der Waals surface area (Å²) in [4.78, 5) is 10.7. The molecule has 1 aromatic carbocycles. The van der Waals surface area contributed by atoms with Crippen molar-refractivity contribution in [2.45, 2.75) is 0 Å². The molecule has 128 valence electrons. The first-order valence-electron chi connectivity index (χ1n) is 7.24. The predicted molar refractivity (Wildman–Crippen MR) is 90.6 cm³/mol. The molecule has 0 unspecified atom stereocenters. The van der Waals surface area contributed by atoms with Gasteiger partial charge in [0.2, 0.25) is 10.0 Å². The van der Waals surface area contributed by atoms with Gasteiger partial charge in [-0.3, -0.25) is 0 Å². The Labute approximate surface area is 139 Å². The molecule has 2 N–H and O–H groups in total. The summed E-state index contributed by atoms with van der Waals surface area (Å²) in [5.74, 6) is 2.11. The zero-order chi connectivity index (χ0) is 17.3. The van der Waals surface area contributed by atoms with Crippen molar-refractivity contribution in [1.29, 1.82) is 0 Å². The van der Waals surface area contributed by atoms with E-state index in [0.29, 0.717) is 24.6 Å². The van der Waals surface area contributed by atoms with E-state index in [1.807, 2.05) is 11.0 Å². The van der Waals surface area contributed by atoms with Gasteiger partial charge in [-0.25, -0.2) is 23.5 Å². The van der Waals surface area contributed by atoms with Crippen LogP contribution < -0.4 is 19.5 Å². The Balaban J connectivity index is 1.87. The first-order valence-corrected chi connectivity index (χ1v) is 8.85. The number of nitrogens with two attached hydrogens (primary N) is 1. The molecule has 0 radical (unpaired) electrons. The van der Waals surface area contributed by atoms with Crippen molar-refractivity contribution in [3.8, 4) is 11.5 Å². The summed E-state index contributed by atoms with van der Waals surface area (Å²) < 4.78 is 32.6. The SMILES string of the molecule is COc1cc2ncnc(N3CC(/C=C/S(N)(=O)=O)C3)c2cc1OC. The zero-order valence-electron chi connectivity index (χ0n) is 13.3. The summed E-state index contributed by atoms with van der Waals surface area (Å²) in [5.41, 5.74) is 0.751. The van der Waals surface area contributed by atoms with Crippen LogP contribution in [0, 0.1) is 5.92 Å². The fourth-order valence-electron chi connectivity index (χ4n) is 2.65. The van der Waals surface area contributed by atoms with Crippen molar-refractivity contribution < 1.29 is 17.9 Å². The number of anilines is 1. The first-order chi connectivity index (χ1) is 11.4. The molecule has 3 rings (SSSR count). The molecule has 2 aromatic rings. The van der Waals surface area contributed by atoms with Crippen LogP contribution in [0.1, 0.15) is 0 Å². The van der Waals surface area contributed by atoms with Crippen molar-refractivity contribution in [3.05, 3.63) is 29.9 Å². The molecule has 1 aliphatic heterocycles. The quantitative estimate of drug-likeness (QED) is 0.853. The number of ether oxygens (including phenoxy) is 2. The van der Waals surface area contributed by atoms with E-state index in [1.165, 1.54) is 6.33 Å². The van der Waals surface area contributed by atoms with Crippen LogP contribution in [0.15, 0.2) is 29.9 Å². The van der Waals surface area contributed by atoms with Gasteiger partial charge in [0.25, 0.3) is 0 Å². The fourth-order valence-corrected chi connectivity index (χ4v) is 3.09. The van der Waals surface area contributed by atoms with Crippen LogP contribution in [-0.2, 0) is 10.0 Å². The van der Waals surface area contributed by atoms with Gasteiger partial charge in [-0.05, 0) is 6.07 Å². The maximum atomic E-state index is 11.0. The number of sulfonamides is 1. The van der Waals surface area contributed by atoms with Crippen LogP contribution in [0.2, 0.25) is 0 Å². The number of nitrogens with zero attached hydrogens (tertiary/aromatic N) is 3. The number of hydrogen-bond acceptors (Lipinski definition) is 7. The minimum absolute atomic E-state index is 0.119. The molecule has 9 heteroatoms. The normalized spacial score (nSPS) is 15.7. The number of fused-ring (bicyclic) bond motifs is 1. The van der Waals surface area contributed by atoms with Gasteiger partial charge >= 0.3 is 0 Å². The van der Waals surface area contributed by atoms with Crippen molar-refractivity contribution >= 4 is 26.7 Å². The minimum Gasteiger partial charge on any atom is -0.493 e. The van der Waals surface area contributed by atoms with E-state index in [2.05, 4.69) is 9.97 Å². The fraction of sp³-hybridized carbons (Fsp3) is 0.333. The van der Waals surface area contributed by atoms with Gasteiger partial charge in [-0.1, -0.05) is 6.08 Å². The van der Waals surface area contributed by atoms with Crippen molar-refractivity contribution in [2.75, 3.05) is 32.2 Å². The summed E-state index contributed by atoms with van der Waals surface area (Å²) >= 11 is 0. The standard InChI is InChI=1S/C15H18N4O4S/c1-22-13-5-11-12(6-14(13)23-2)17-9-18-15(11)19-7-10(8-19)3-4-24(16,20)21/h3-6,9-10H,7-8H2,1-2H3,(H2,16,20,21)/b4-3+. The van der Waals surface area contributed by atoms with Crippen molar-refractivity contribution in [3.63, 3.8) is 0 Å². The smallest absolute Gasteiger partial charge is 0.230 e. The summed E-state index contributed by atoms with van der Waals surface area (Å²) in [6.45, 7) is 1.32. The van der Waals surface area contributed by atoms with E-state index < -0.39 is 10.0 Å². The second kappa shape index (κ2) is 6.25. The van der Waals surface area contributed by atoms with Crippen LogP contribution in [0.25, 0.3) is 10.9 Å². The second-order valence-electron chi connectivity index (χ2n) is 5.50. The molecule has 8 nitrogen and oxygen atoms in total. The third-order valence-electron chi connectivity index (χ3n) is 3.87. The van der Waals surface area contributed by atoms with Crippen LogP contribution in [0.4, 0.5) is 5.82 Å². The molecular weight excluding hydrogens is 332 g/mol. The van der Waals surface area contributed by atoms with Crippen LogP contribution in [0.3, 0.4) is 0 Å². The number of primary sulfonamides is 1. The van der Waals surface area contributed by atoms with Gasteiger partial charge in [0.1, 0.15) is 12.1 Å². The lowest BCUT2D eigenvalue weighted by atomic mass is 10.00. The van der Waals surface area contributed by atoms with Gasteiger partial charge in [0.05, 0.1) is 19.7 Å². The minimum atomic E-state index is -3.58. The van der Waals surface area contributed by atoms with E-state index in [0.717, 1.165) is 22.1 Å². The Bertz CT molecular complexity index is 892. The van der Waals surface area contributed by atoms with Gasteiger partial charge in [-0.2, -0.15) is 0 Å².